The third-order valence-corrected chi connectivity index (χ3v) is 3.31. The molecule has 0 amide bonds. The Morgan fingerprint density at radius 3 is 2.40 bits per heavy atom. The van der Waals surface area contributed by atoms with Crippen molar-refractivity contribution in [3.05, 3.63) is 59.7 Å². The zero-order valence-electron chi connectivity index (χ0n) is 10.6. The molecule has 0 aromatic heterocycles. The quantitative estimate of drug-likeness (QED) is 0.827. The number of phenolic OH excluding ortho intramolecular Hbond substituents is 1. The molecule has 2 aromatic carbocycles. The fraction of sp³-hybridized carbons (Fsp3) is 0.143. The summed E-state index contributed by atoms with van der Waals surface area (Å²) in [6.45, 7) is 0.330. The molecule has 6 heteroatoms. The first-order valence-electron chi connectivity index (χ1n) is 5.88. The largest absolute Gasteiger partial charge is 0.508 e. The molecule has 0 bridgehead atoms. The number of benzene rings is 2. The average molecular weight is 294 g/mol. The van der Waals surface area contributed by atoms with Crippen molar-refractivity contribution < 1.29 is 22.8 Å². The predicted molar refractivity (Wildman–Crippen MR) is 74.1 cm³/mol. The van der Waals surface area contributed by atoms with E-state index in [4.69, 9.17) is 9.29 Å². The number of hydrogen-bond acceptors (Lipinski definition) is 4. The molecule has 2 aromatic rings. The third-order valence-electron chi connectivity index (χ3n) is 2.64. The van der Waals surface area contributed by atoms with Gasteiger partial charge in [-0.05, 0) is 23.8 Å². The Morgan fingerprint density at radius 1 is 1.05 bits per heavy atom. The van der Waals surface area contributed by atoms with Crippen molar-refractivity contribution in [3.63, 3.8) is 0 Å². The first kappa shape index (κ1) is 14.4. The molecule has 0 atom stereocenters. The van der Waals surface area contributed by atoms with Crippen molar-refractivity contribution in [1.82, 2.24) is 0 Å². The Labute approximate surface area is 117 Å². The molecule has 0 aliphatic rings. The van der Waals surface area contributed by atoms with E-state index in [2.05, 4.69) is 0 Å². The number of hydrogen-bond donors (Lipinski definition) is 2. The maximum Gasteiger partial charge on any atom is 0.269 e. The molecule has 0 spiro atoms. The number of phenols is 1. The molecule has 106 valence electrons. The minimum atomic E-state index is -4.20. The van der Waals surface area contributed by atoms with Crippen LogP contribution in [-0.4, -0.2) is 18.1 Å². The van der Waals surface area contributed by atoms with Gasteiger partial charge in [-0.15, -0.1) is 0 Å². The van der Waals surface area contributed by atoms with Crippen LogP contribution in [0.2, 0.25) is 0 Å². The summed E-state index contributed by atoms with van der Waals surface area (Å²) in [4.78, 5) is 0. The first-order valence-corrected chi connectivity index (χ1v) is 7.49. The van der Waals surface area contributed by atoms with Gasteiger partial charge in [-0.3, -0.25) is 4.55 Å². The van der Waals surface area contributed by atoms with Crippen LogP contribution in [0.25, 0.3) is 0 Å². The van der Waals surface area contributed by atoms with Gasteiger partial charge in [0.05, 0.1) is 0 Å². The molecule has 20 heavy (non-hydrogen) atoms. The van der Waals surface area contributed by atoms with Gasteiger partial charge in [0.15, 0.2) is 0 Å². The minimum absolute atomic E-state index is 0.0954. The van der Waals surface area contributed by atoms with Gasteiger partial charge in [0, 0.05) is 5.56 Å². The molecular formula is C14H14O5S. The molecule has 5 nitrogen and oxygen atoms in total. The zero-order chi connectivity index (χ0) is 14.6. The van der Waals surface area contributed by atoms with E-state index in [1.807, 2.05) is 30.3 Å². The highest BCUT2D eigenvalue weighted by atomic mass is 32.2. The summed E-state index contributed by atoms with van der Waals surface area (Å²) in [6, 6.07) is 13.7. The van der Waals surface area contributed by atoms with Crippen LogP contribution < -0.4 is 4.74 Å². The van der Waals surface area contributed by atoms with Gasteiger partial charge in [0.25, 0.3) is 10.1 Å². The van der Waals surface area contributed by atoms with Crippen molar-refractivity contribution in [1.29, 1.82) is 0 Å². The zero-order valence-corrected chi connectivity index (χ0v) is 11.4. The molecule has 0 aliphatic carbocycles. The van der Waals surface area contributed by atoms with E-state index >= 15 is 0 Å². The molecule has 0 saturated carbocycles. The van der Waals surface area contributed by atoms with E-state index in [1.54, 1.807) is 0 Å². The van der Waals surface area contributed by atoms with Crippen LogP contribution in [0.15, 0.2) is 48.5 Å². The Bertz CT molecular complexity index is 680. The summed E-state index contributed by atoms with van der Waals surface area (Å²) in [5.41, 5.74) is 1.06. The first-order chi connectivity index (χ1) is 9.44. The smallest absolute Gasteiger partial charge is 0.269 e. The summed E-state index contributed by atoms with van der Waals surface area (Å²) in [7, 11) is -4.20. The lowest BCUT2D eigenvalue weighted by molar-refractivity contribution is 0.305. The number of ether oxygens (including phenoxy) is 1. The van der Waals surface area contributed by atoms with Crippen molar-refractivity contribution >= 4 is 10.1 Å². The normalized spacial score (nSPS) is 11.2. The lowest BCUT2D eigenvalue weighted by Gasteiger charge is -2.09. The fourth-order valence-electron chi connectivity index (χ4n) is 1.70. The second kappa shape index (κ2) is 5.94. The van der Waals surface area contributed by atoms with Crippen LogP contribution in [0.5, 0.6) is 11.5 Å². The maximum atomic E-state index is 10.8. The van der Waals surface area contributed by atoms with E-state index in [0.29, 0.717) is 12.4 Å². The highest BCUT2D eigenvalue weighted by Gasteiger charge is 2.12. The lowest BCUT2D eigenvalue weighted by atomic mass is 10.2. The highest BCUT2D eigenvalue weighted by Crippen LogP contribution is 2.25. The Hall–Kier alpha value is -2.05. The Kier molecular flexibility index (Phi) is 4.26. The molecule has 0 unspecified atom stereocenters. The summed E-state index contributed by atoms with van der Waals surface area (Å²) in [6.07, 6.45) is 0. The van der Waals surface area contributed by atoms with Gasteiger partial charge in [-0.25, -0.2) is 0 Å². The standard InChI is InChI=1S/C14H14O5S/c15-14-7-6-13(8-12(14)10-20(16,17)18)19-9-11-4-2-1-3-5-11/h1-8,15H,9-10H2,(H,16,17,18). The minimum Gasteiger partial charge on any atom is -0.508 e. The monoisotopic (exact) mass is 294 g/mol. The van der Waals surface area contributed by atoms with Crippen LogP contribution in [0.3, 0.4) is 0 Å². The predicted octanol–water partition coefficient (Wildman–Crippen LogP) is 2.36. The summed E-state index contributed by atoms with van der Waals surface area (Å²) in [5, 5.41) is 9.55. The molecule has 2 N–H and O–H groups in total. The van der Waals surface area contributed by atoms with Crippen LogP contribution in [0, 0.1) is 0 Å². The fourth-order valence-corrected chi connectivity index (χ4v) is 2.33. The molecule has 0 fully saturated rings. The van der Waals surface area contributed by atoms with Crippen molar-refractivity contribution in [2.24, 2.45) is 0 Å². The summed E-state index contributed by atoms with van der Waals surface area (Å²) < 4.78 is 36.0. The van der Waals surface area contributed by atoms with Crippen molar-refractivity contribution in [3.8, 4) is 11.5 Å². The van der Waals surface area contributed by atoms with Crippen LogP contribution in [0.4, 0.5) is 0 Å². The van der Waals surface area contributed by atoms with E-state index < -0.39 is 15.9 Å². The SMILES string of the molecule is O=S(=O)(O)Cc1cc(OCc2ccccc2)ccc1O. The van der Waals surface area contributed by atoms with Crippen molar-refractivity contribution in [2.45, 2.75) is 12.4 Å². The topological polar surface area (TPSA) is 83.8 Å². The molecule has 0 saturated heterocycles. The average Bonchev–Trinajstić information content (AvgIpc) is 2.39. The molecule has 0 radical (unpaired) electrons. The van der Waals surface area contributed by atoms with Crippen LogP contribution in [-0.2, 0) is 22.5 Å². The summed E-state index contributed by atoms with van der Waals surface area (Å²) in [5.74, 6) is -0.429. The Morgan fingerprint density at radius 2 is 1.75 bits per heavy atom. The van der Waals surface area contributed by atoms with Crippen LogP contribution in [0.1, 0.15) is 11.1 Å². The van der Waals surface area contributed by atoms with Gasteiger partial charge < -0.3 is 9.84 Å². The Balaban J connectivity index is 2.11. The van der Waals surface area contributed by atoms with E-state index in [9.17, 15) is 13.5 Å². The van der Waals surface area contributed by atoms with Gasteiger partial charge in [-0.1, -0.05) is 30.3 Å². The number of rotatable bonds is 5. The molecule has 0 heterocycles. The van der Waals surface area contributed by atoms with E-state index in [1.165, 1.54) is 18.2 Å². The molecule has 2 rings (SSSR count). The van der Waals surface area contributed by atoms with Gasteiger partial charge in [0.2, 0.25) is 0 Å². The van der Waals surface area contributed by atoms with E-state index in [0.717, 1.165) is 5.56 Å². The second-order valence-electron chi connectivity index (χ2n) is 4.29. The number of aromatic hydroxyl groups is 1. The maximum absolute atomic E-state index is 10.8. The van der Waals surface area contributed by atoms with E-state index in [-0.39, 0.29) is 11.3 Å². The second-order valence-corrected chi connectivity index (χ2v) is 5.74. The molecular weight excluding hydrogens is 280 g/mol. The van der Waals surface area contributed by atoms with Crippen LogP contribution >= 0.6 is 0 Å². The highest BCUT2D eigenvalue weighted by molar-refractivity contribution is 7.85. The third kappa shape index (κ3) is 4.25. The van der Waals surface area contributed by atoms with Crippen molar-refractivity contribution in [2.75, 3.05) is 0 Å². The summed E-state index contributed by atoms with van der Waals surface area (Å²) >= 11 is 0. The lowest BCUT2D eigenvalue weighted by Crippen LogP contribution is -2.02. The van der Waals surface area contributed by atoms with Gasteiger partial charge >= 0.3 is 0 Å². The molecule has 0 aliphatic heterocycles. The van der Waals surface area contributed by atoms with Gasteiger partial charge in [0.1, 0.15) is 23.9 Å². The van der Waals surface area contributed by atoms with Gasteiger partial charge in [-0.2, -0.15) is 8.42 Å².